The Morgan fingerprint density at radius 1 is 1.17 bits per heavy atom. The van der Waals surface area contributed by atoms with Crippen LogP contribution in [-0.4, -0.2) is 17.4 Å². The molecule has 0 bridgehead atoms. The lowest BCUT2D eigenvalue weighted by atomic mass is 10.2. The summed E-state index contributed by atoms with van der Waals surface area (Å²) in [5.74, 6) is -0.365. The zero-order valence-electron chi connectivity index (χ0n) is 15.0. The number of carbonyl (C=O) groups excluding carboxylic acids is 1. The number of alkyl halides is 3. The molecule has 29 heavy (non-hydrogen) atoms. The lowest BCUT2D eigenvalue weighted by Gasteiger charge is -2.10. The Labute approximate surface area is 173 Å². The molecule has 0 saturated carbocycles. The molecule has 2 N–H and O–H groups in total. The first-order valence-electron chi connectivity index (χ1n) is 8.33. The first-order valence-corrected chi connectivity index (χ1v) is 9.52. The number of carbonyl (C=O) groups is 1. The second-order valence-corrected chi connectivity index (χ2v) is 7.38. The molecular weight excluding hydrogens is 427 g/mol. The maximum Gasteiger partial charge on any atom is 0.573 e. The third-order valence-corrected chi connectivity index (χ3v) is 5.27. The molecule has 10 heteroatoms. The summed E-state index contributed by atoms with van der Waals surface area (Å²) in [4.78, 5) is 17.4. The normalized spacial score (nSPS) is 11.2. The predicted octanol–water partition coefficient (Wildman–Crippen LogP) is 5.99. The summed E-state index contributed by atoms with van der Waals surface area (Å²) < 4.78 is 40.3. The number of thiazole rings is 1. The van der Waals surface area contributed by atoms with Crippen molar-refractivity contribution in [1.82, 2.24) is 10.3 Å². The number of benzene rings is 2. The van der Waals surface area contributed by atoms with Crippen LogP contribution in [0, 0.1) is 6.92 Å². The van der Waals surface area contributed by atoms with Crippen LogP contribution in [0.25, 0.3) is 10.6 Å². The Hall–Kier alpha value is -2.78. The summed E-state index contributed by atoms with van der Waals surface area (Å²) >= 11 is 7.62. The van der Waals surface area contributed by atoms with Crippen LogP contribution in [0.3, 0.4) is 0 Å². The number of hydrogen-bond donors (Lipinski definition) is 2. The van der Waals surface area contributed by atoms with Crippen molar-refractivity contribution in [1.29, 1.82) is 0 Å². The smallest absolute Gasteiger partial charge is 0.406 e. The van der Waals surface area contributed by atoms with Gasteiger partial charge in [-0.1, -0.05) is 29.8 Å². The first kappa shape index (κ1) is 20.9. The summed E-state index contributed by atoms with van der Waals surface area (Å²) in [5.41, 5.74) is 1.92. The van der Waals surface area contributed by atoms with Gasteiger partial charge >= 0.3 is 12.4 Å². The molecule has 2 amide bonds. The van der Waals surface area contributed by atoms with Crippen molar-refractivity contribution in [3.05, 3.63) is 64.1 Å². The highest BCUT2D eigenvalue weighted by Crippen LogP contribution is 2.32. The van der Waals surface area contributed by atoms with E-state index >= 15 is 0 Å². The highest BCUT2D eigenvalue weighted by Gasteiger charge is 2.30. The summed E-state index contributed by atoms with van der Waals surface area (Å²) in [5, 5.41) is 6.59. The molecule has 0 spiro atoms. The van der Waals surface area contributed by atoms with Crippen LogP contribution in [0.5, 0.6) is 5.75 Å². The van der Waals surface area contributed by atoms with Gasteiger partial charge in [-0.15, -0.1) is 24.5 Å². The summed E-state index contributed by atoms with van der Waals surface area (Å²) in [6, 6.07) is 11.7. The van der Waals surface area contributed by atoms with Gasteiger partial charge in [0.25, 0.3) is 0 Å². The second-order valence-electron chi connectivity index (χ2n) is 5.89. The van der Waals surface area contributed by atoms with E-state index in [1.165, 1.54) is 23.5 Å². The number of anilines is 1. The highest BCUT2D eigenvalue weighted by atomic mass is 35.5. The fourth-order valence-corrected chi connectivity index (χ4v) is 3.74. The maximum absolute atomic E-state index is 12.2. The van der Waals surface area contributed by atoms with Gasteiger partial charge in [-0.2, -0.15) is 0 Å². The zero-order valence-corrected chi connectivity index (χ0v) is 16.6. The van der Waals surface area contributed by atoms with Gasteiger partial charge in [-0.05, 0) is 37.3 Å². The third-order valence-electron chi connectivity index (χ3n) is 3.75. The second kappa shape index (κ2) is 8.71. The standard InChI is InChI=1S/C19H15ClF3N3O2S/c1-11-16(29-17(25-11)14-4-2-3-5-15(14)20)10-24-18(27)26-12-6-8-13(9-7-12)28-19(21,22)23/h2-9H,10H2,1H3,(H2,24,26,27). The van der Waals surface area contributed by atoms with E-state index < -0.39 is 12.4 Å². The highest BCUT2D eigenvalue weighted by molar-refractivity contribution is 7.15. The van der Waals surface area contributed by atoms with Gasteiger partial charge in [-0.25, -0.2) is 9.78 Å². The van der Waals surface area contributed by atoms with Gasteiger partial charge in [0.1, 0.15) is 10.8 Å². The maximum atomic E-state index is 12.2. The molecule has 0 saturated heterocycles. The van der Waals surface area contributed by atoms with Crippen LogP contribution in [0.2, 0.25) is 5.02 Å². The number of hydrogen-bond acceptors (Lipinski definition) is 4. The number of urea groups is 1. The Balaban J connectivity index is 1.58. The number of nitrogens with zero attached hydrogens (tertiary/aromatic N) is 1. The monoisotopic (exact) mass is 441 g/mol. The molecule has 3 aromatic rings. The molecule has 0 fully saturated rings. The summed E-state index contributed by atoms with van der Waals surface area (Å²) in [6.07, 6.45) is -4.76. The van der Waals surface area contributed by atoms with E-state index in [0.717, 1.165) is 33.3 Å². The zero-order chi connectivity index (χ0) is 21.0. The van der Waals surface area contributed by atoms with Crippen molar-refractivity contribution in [2.24, 2.45) is 0 Å². The Morgan fingerprint density at radius 2 is 1.86 bits per heavy atom. The fourth-order valence-electron chi connectivity index (χ4n) is 2.42. The number of aryl methyl sites for hydroxylation is 1. The number of aromatic nitrogens is 1. The number of ether oxygens (including phenoxy) is 1. The molecule has 0 aliphatic heterocycles. The van der Waals surface area contributed by atoms with Crippen molar-refractivity contribution < 1.29 is 22.7 Å². The predicted molar refractivity (Wildman–Crippen MR) is 106 cm³/mol. The molecule has 0 aliphatic rings. The van der Waals surface area contributed by atoms with Gasteiger partial charge in [-0.3, -0.25) is 0 Å². The van der Waals surface area contributed by atoms with Crippen molar-refractivity contribution in [3.8, 4) is 16.3 Å². The molecule has 3 rings (SSSR count). The largest absolute Gasteiger partial charge is 0.573 e. The molecule has 1 aromatic heterocycles. The minimum Gasteiger partial charge on any atom is -0.406 e. The molecule has 5 nitrogen and oxygen atoms in total. The van der Waals surface area contributed by atoms with Gasteiger partial charge in [0.2, 0.25) is 0 Å². The summed E-state index contributed by atoms with van der Waals surface area (Å²) in [6.45, 7) is 2.08. The van der Waals surface area contributed by atoms with Gasteiger partial charge in [0, 0.05) is 16.1 Å². The van der Waals surface area contributed by atoms with E-state index in [2.05, 4.69) is 20.4 Å². The quantitative estimate of drug-likeness (QED) is 0.511. The lowest BCUT2D eigenvalue weighted by Crippen LogP contribution is -2.28. The first-order chi connectivity index (χ1) is 13.7. The topological polar surface area (TPSA) is 63.2 Å². The number of nitrogens with one attached hydrogen (secondary N) is 2. The van der Waals surface area contributed by atoms with Gasteiger partial charge in [0.05, 0.1) is 17.3 Å². The molecular formula is C19H15ClF3N3O2S. The van der Waals surface area contributed by atoms with Crippen LogP contribution < -0.4 is 15.4 Å². The van der Waals surface area contributed by atoms with Crippen molar-refractivity contribution in [3.63, 3.8) is 0 Å². The molecule has 0 aliphatic carbocycles. The minimum atomic E-state index is -4.76. The average Bonchev–Trinajstić information content (AvgIpc) is 3.01. The molecule has 0 radical (unpaired) electrons. The van der Waals surface area contributed by atoms with E-state index in [-0.39, 0.29) is 12.3 Å². The minimum absolute atomic E-state index is 0.245. The number of rotatable bonds is 5. The van der Waals surface area contributed by atoms with Crippen LogP contribution in [-0.2, 0) is 6.54 Å². The van der Waals surface area contributed by atoms with Gasteiger partial charge in [0.15, 0.2) is 0 Å². The van der Waals surface area contributed by atoms with Crippen molar-refractivity contribution >= 4 is 34.7 Å². The summed E-state index contributed by atoms with van der Waals surface area (Å²) in [7, 11) is 0. The fraction of sp³-hybridized carbons (Fsp3) is 0.158. The molecule has 0 atom stereocenters. The van der Waals surface area contributed by atoms with Crippen LogP contribution >= 0.6 is 22.9 Å². The van der Waals surface area contributed by atoms with Crippen LogP contribution in [0.4, 0.5) is 23.7 Å². The SMILES string of the molecule is Cc1nc(-c2ccccc2Cl)sc1CNC(=O)Nc1ccc(OC(F)(F)F)cc1. The Bertz CT molecular complexity index is 1010. The van der Waals surface area contributed by atoms with Crippen LogP contribution in [0.1, 0.15) is 10.6 Å². The lowest BCUT2D eigenvalue weighted by molar-refractivity contribution is -0.274. The van der Waals surface area contributed by atoms with E-state index in [4.69, 9.17) is 11.6 Å². The molecule has 1 heterocycles. The molecule has 0 unspecified atom stereocenters. The average molecular weight is 442 g/mol. The number of amides is 2. The van der Waals surface area contributed by atoms with E-state index in [1.54, 1.807) is 6.07 Å². The third kappa shape index (κ3) is 5.85. The van der Waals surface area contributed by atoms with Crippen molar-refractivity contribution in [2.45, 2.75) is 19.8 Å². The Kier molecular flexibility index (Phi) is 6.29. The molecule has 2 aromatic carbocycles. The molecule has 152 valence electrons. The van der Waals surface area contributed by atoms with Gasteiger partial charge < -0.3 is 15.4 Å². The van der Waals surface area contributed by atoms with Crippen molar-refractivity contribution in [2.75, 3.05) is 5.32 Å². The number of halogens is 4. The van der Waals surface area contributed by atoms with E-state index in [9.17, 15) is 18.0 Å². The van der Waals surface area contributed by atoms with E-state index in [1.807, 2.05) is 25.1 Å². The van der Waals surface area contributed by atoms with E-state index in [0.29, 0.717) is 10.7 Å². The Morgan fingerprint density at radius 3 is 2.52 bits per heavy atom. The van der Waals surface area contributed by atoms with Crippen LogP contribution in [0.15, 0.2) is 48.5 Å².